The van der Waals surface area contributed by atoms with Crippen LogP contribution in [0.25, 0.3) is 39.6 Å². The van der Waals surface area contributed by atoms with Crippen LogP contribution in [0.3, 0.4) is 0 Å². The number of halogens is 3. The fourth-order valence-corrected chi connectivity index (χ4v) is 5.10. The number of hydrogen-bond acceptors (Lipinski definition) is 8. The Kier molecular flexibility index (Phi) is 7.39. The number of nitrogens with zero attached hydrogens (tertiary/aromatic N) is 7. The van der Waals surface area contributed by atoms with Gasteiger partial charge in [-0.15, -0.1) is 0 Å². The van der Waals surface area contributed by atoms with Crippen molar-refractivity contribution < 1.29 is 22.6 Å². The summed E-state index contributed by atoms with van der Waals surface area (Å²) >= 11 is 0. The van der Waals surface area contributed by atoms with Gasteiger partial charge in [0.15, 0.2) is 11.5 Å². The molecule has 0 atom stereocenters. The van der Waals surface area contributed by atoms with Crippen LogP contribution in [0.1, 0.15) is 48.2 Å². The highest BCUT2D eigenvalue weighted by molar-refractivity contribution is 5.81. The van der Waals surface area contributed by atoms with Crippen LogP contribution in [-0.4, -0.2) is 47.8 Å². The van der Waals surface area contributed by atoms with Gasteiger partial charge in [-0.1, -0.05) is 30.8 Å². The van der Waals surface area contributed by atoms with Gasteiger partial charge in [0.05, 0.1) is 31.5 Å². The summed E-state index contributed by atoms with van der Waals surface area (Å²) in [5, 5.41) is 0.581. The van der Waals surface area contributed by atoms with E-state index in [0.29, 0.717) is 46.0 Å². The van der Waals surface area contributed by atoms with Gasteiger partial charge in [-0.25, -0.2) is 24.9 Å². The molecule has 0 amide bonds. The lowest BCUT2D eigenvalue weighted by Crippen LogP contribution is -2.25. The highest BCUT2D eigenvalue weighted by Gasteiger charge is 2.35. The zero-order chi connectivity index (χ0) is 31.2. The molecule has 0 radical (unpaired) electrons. The van der Waals surface area contributed by atoms with Gasteiger partial charge >= 0.3 is 6.18 Å². The predicted octanol–water partition coefficient (Wildman–Crippen LogP) is 5.61. The van der Waals surface area contributed by atoms with E-state index < -0.39 is 11.9 Å². The fourth-order valence-electron chi connectivity index (χ4n) is 5.10. The first-order valence-electron chi connectivity index (χ1n) is 13.9. The number of imidazole rings is 1. The van der Waals surface area contributed by atoms with Crippen molar-refractivity contribution >= 4 is 16.8 Å². The van der Waals surface area contributed by atoms with Gasteiger partial charge in [0.2, 0.25) is 5.88 Å². The van der Waals surface area contributed by atoms with Crippen molar-refractivity contribution in [3.63, 3.8) is 0 Å². The van der Waals surface area contributed by atoms with E-state index in [1.807, 2.05) is 0 Å². The van der Waals surface area contributed by atoms with Crippen LogP contribution in [-0.2, 0) is 24.5 Å². The second-order valence-electron chi connectivity index (χ2n) is 10.5. The Morgan fingerprint density at radius 1 is 1.11 bits per heavy atom. The van der Waals surface area contributed by atoms with Crippen LogP contribution in [0.15, 0.2) is 60.4 Å². The van der Waals surface area contributed by atoms with Crippen LogP contribution in [0.2, 0.25) is 0 Å². The topological polar surface area (TPSA) is 110 Å². The summed E-state index contributed by atoms with van der Waals surface area (Å²) in [5.41, 5.74) is 1.87. The van der Waals surface area contributed by atoms with E-state index in [1.54, 1.807) is 43.5 Å². The molecule has 1 aliphatic rings. The lowest BCUT2D eigenvalue weighted by molar-refractivity contribution is -0.140. The Morgan fingerprint density at radius 2 is 1.86 bits per heavy atom. The molecule has 1 saturated carbocycles. The first-order chi connectivity index (χ1) is 21.1. The van der Waals surface area contributed by atoms with Gasteiger partial charge in [0.1, 0.15) is 29.1 Å². The molecule has 1 fully saturated rings. The number of benzene rings is 1. The summed E-state index contributed by atoms with van der Waals surface area (Å²) in [6, 6.07) is 8.46. The average molecular weight is 604 g/mol. The molecule has 44 heavy (non-hydrogen) atoms. The zero-order valence-electron chi connectivity index (χ0n) is 24.2. The predicted molar refractivity (Wildman–Crippen MR) is 157 cm³/mol. The molecule has 10 nitrogen and oxygen atoms in total. The maximum Gasteiger partial charge on any atom is 0.434 e. The monoisotopic (exact) mass is 603 g/mol. The molecule has 226 valence electrons. The highest BCUT2D eigenvalue weighted by atomic mass is 19.4. The third-order valence-electron chi connectivity index (χ3n) is 7.39. The Labute approximate surface area is 249 Å². The second-order valence-corrected chi connectivity index (χ2v) is 10.5. The van der Waals surface area contributed by atoms with E-state index in [4.69, 9.17) is 14.5 Å². The first-order valence-corrected chi connectivity index (χ1v) is 13.9. The molecular formula is C31H28F3N7O3. The molecule has 1 aromatic carbocycles. The molecule has 0 bridgehead atoms. The summed E-state index contributed by atoms with van der Waals surface area (Å²) in [5.74, 6) is 1.31. The standard InChI is InChI=1S/C31H28F3N7O3/c1-5-44-17(2)22-12-21-13-35-26(24-25(19-10-11-19)36-16-37-29(24)43-4)39-28(21)41(30(22)42)14-18-6-8-20(9-7-18)27-38-23(15-40(27)3)31(32,33)34/h6-9,12-13,15-16,19H,2,5,10-11,14H2,1,3-4H3. The number of fused-ring (bicyclic) bond motifs is 1. The molecule has 1 aliphatic carbocycles. The number of pyridine rings is 1. The number of hydrogen-bond donors (Lipinski definition) is 0. The van der Waals surface area contributed by atoms with Crippen molar-refractivity contribution in [3.8, 4) is 28.7 Å². The molecule has 0 spiro atoms. The number of methoxy groups -OCH3 is 1. The van der Waals surface area contributed by atoms with Crippen LogP contribution in [0, 0.1) is 0 Å². The number of aromatic nitrogens is 7. The fraction of sp³-hybridized carbons (Fsp3) is 0.290. The van der Waals surface area contributed by atoms with E-state index in [2.05, 4.69) is 26.5 Å². The van der Waals surface area contributed by atoms with Crippen molar-refractivity contribution in [1.29, 1.82) is 0 Å². The van der Waals surface area contributed by atoms with E-state index in [1.165, 1.54) is 29.6 Å². The molecule has 0 N–H and O–H groups in total. The number of aryl methyl sites for hydroxylation is 1. The van der Waals surface area contributed by atoms with E-state index >= 15 is 0 Å². The lowest BCUT2D eigenvalue weighted by Gasteiger charge is -2.16. The van der Waals surface area contributed by atoms with Crippen LogP contribution < -0.4 is 10.3 Å². The van der Waals surface area contributed by atoms with Crippen molar-refractivity contribution in [2.24, 2.45) is 7.05 Å². The van der Waals surface area contributed by atoms with Crippen molar-refractivity contribution in [2.45, 2.75) is 38.4 Å². The Balaban J connectivity index is 1.45. The zero-order valence-corrected chi connectivity index (χ0v) is 24.2. The number of alkyl halides is 3. The van der Waals surface area contributed by atoms with Gasteiger partial charge in [-0.05, 0) is 31.4 Å². The quantitative estimate of drug-likeness (QED) is 0.200. The van der Waals surface area contributed by atoms with Crippen LogP contribution in [0.5, 0.6) is 5.88 Å². The van der Waals surface area contributed by atoms with E-state index in [0.717, 1.165) is 24.7 Å². The van der Waals surface area contributed by atoms with Gasteiger partial charge in [0.25, 0.3) is 5.56 Å². The molecule has 0 unspecified atom stereocenters. The smallest absolute Gasteiger partial charge is 0.434 e. The Bertz CT molecular complexity index is 1940. The molecule has 4 heterocycles. The maximum absolute atomic E-state index is 13.9. The van der Waals surface area contributed by atoms with Gasteiger partial charge in [-0.2, -0.15) is 13.2 Å². The molecule has 5 aromatic rings. The van der Waals surface area contributed by atoms with Gasteiger partial charge < -0.3 is 14.0 Å². The largest absolute Gasteiger partial charge is 0.494 e. The third kappa shape index (κ3) is 5.40. The first kappa shape index (κ1) is 29.0. The molecule has 0 aliphatic heterocycles. The maximum atomic E-state index is 13.9. The SMILES string of the molecule is C=C(OCC)c1cc2cnc(-c3c(OC)ncnc3C3CC3)nc2n(Cc2ccc(-c3nc(C(F)(F)F)cn3C)cc2)c1=O. The Hall–Kier alpha value is -5.07. The molecule has 4 aromatic heterocycles. The summed E-state index contributed by atoms with van der Waals surface area (Å²) < 4.78 is 53.5. The van der Waals surface area contributed by atoms with Crippen molar-refractivity contribution in [3.05, 3.63) is 88.5 Å². The molecular weight excluding hydrogens is 575 g/mol. The summed E-state index contributed by atoms with van der Waals surface area (Å²) in [7, 11) is 3.02. The van der Waals surface area contributed by atoms with E-state index in [9.17, 15) is 18.0 Å². The molecule has 0 saturated heterocycles. The summed E-state index contributed by atoms with van der Waals surface area (Å²) in [6.45, 7) is 6.16. The summed E-state index contributed by atoms with van der Waals surface area (Å²) in [6.07, 6.45) is 1.45. The minimum Gasteiger partial charge on any atom is -0.494 e. The lowest BCUT2D eigenvalue weighted by atomic mass is 10.1. The molecule has 6 rings (SSSR count). The van der Waals surface area contributed by atoms with E-state index in [-0.39, 0.29) is 35.2 Å². The third-order valence-corrected chi connectivity index (χ3v) is 7.39. The van der Waals surface area contributed by atoms with Gasteiger partial charge in [0, 0.05) is 36.3 Å². The van der Waals surface area contributed by atoms with Crippen LogP contribution >= 0.6 is 0 Å². The van der Waals surface area contributed by atoms with Gasteiger partial charge in [-0.3, -0.25) is 9.36 Å². The normalized spacial score (nSPS) is 13.3. The van der Waals surface area contributed by atoms with Crippen molar-refractivity contribution in [2.75, 3.05) is 13.7 Å². The average Bonchev–Trinajstić information content (AvgIpc) is 3.78. The number of rotatable bonds is 9. The minimum absolute atomic E-state index is 0.103. The van der Waals surface area contributed by atoms with Crippen molar-refractivity contribution in [1.82, 2.24) is 34.1 Å². The highest BCUT2D eigenvalue weighted by Crippen LogP contribution is 2.45. The van der Waals surface area contributed by atoms with Crippen LogP contribution in [0.4, 0.5) is 13.2 Å². The molecule has 13 heteroatoms. The number of ether oxygens (including phenoxy) is 2. The summed E-state index contributed by atoms with van der Waals surface area (Å²) in [4.78, 5) is 35.8. The Morgan fingerprint density at radius 3 is 2.50 bits per heavy atom. The minimum atomic E-state index is -4.55. The second kappa shape index (κ2) is 11.2.